The Balaban J connectivity index is 1.78. The molecule has 2 aliphatic rings. The second kappa shape index (κ2) is 5.72. The Labute approximate surface area is 134 Å². The average molecular weight is 319 g/mol. The Hall–Kier alpha value is -2.31. The average Bonchev–Trinajstić information content (AvgIpc) is 3.18. The van der Waals surface area contributed by atoms with E-state index < -0.39 is 6.04 Å². The van der Waals surface area contributed by atoms with Crippen LogP contribution in [0.4, 0.5) is 0 Å². The molecule has 3 rings (SSSR count). The van der Waals surface area contributed by atoms with Crippen LogP contribution >= 0.6 is 0 Å². The van der Waals surface area contributed by atoms with E-state index in [9.17, 15) is 14.4 Å². The molecule has 0 unspecified atom stereocenters. The van der Waals surface area contributed by atoms with Gasteiger partial charge in [-0.25, -0.2) is 0 Å². The lowest BCUT2D eigenvalue weighted by Crippen LogP contribution is -2.49. The third kappa shape index (κ3) is 2.50. The fourth-order valence-electron chi connectivity index (χ4n) is 3.83. The van der Waals surface area contributed by atoms with Crippen molar-refractivity contribution in [1.82, 2.24) is 15.1 Å². The Morgan fingerprint density at radius 1 is 1.30 bits per heavy atom. The molecule has 3 amide bonds. The van der Waals surface area contributed by atoms with Crippen molar-refractivity contribution in [3.8, 4) is 0 Å². The second-order valence-corrected chi connectivity index (χ2v) is 6.22. The topological polar surface area (TPSA) is 82.9 Å². The van der Waals surface area contributed by atoms with Crippen molar-refractivity contribution in [2.75, 3.05) is 20.1 Å². The number of likely N-dealkylation sites (tertiary alicyclic amines) is 2. The van der Waals surface area contributed by atoms with Gasteiger partial charge in [0.2, 0.25) is 11.8 Å². The number of amides is 3. The van der Waals surface area contributed by atoms with Crippen LogP contribution in [0.5, 0.6) is 0 Å². The van der Waals surface area contributed by atoms with Gasteiger partial charge in [-0.2, -0.15) is 0 Å². The molecule has 7 nitrogen and oxygen atoms in total. The maximum absolute atomic E-state index is 12.6. The molecule has 0 bridgehead atoms. The first kappa shape index (κ1) is 15.6. The first-order chi connectivity index (χ1) is 10.9. The van der Waals surface area contributed by atoms with E-state index in [1.807, 2.05) is 0 Å². The van der Waals surface area contributed by atoms with Gasteiger partial charge in [-0.3, -0.25) is 14.4 Å². The molecule has 2 saturated heterocycles. The number of carbonyl (C=O) groups excluding carboxylic acids is 3. The van der Waals surface area contributed by atoms with Crippen LogP contribution in [0.3, 0.4) is 0 Å². The highest BCUT2D eigenvalue weighted by Gasteiger charge is 2.50. The van der Waals surface area contributed by atoms with E-state index in [-0.39, 0.29) is 29.7 Å². The predicted octanol–water partition coefficient (Wildman–Crippen LogP) is 0.395. The molecule has 1 aromatic heterocycles. The van der Waals surface area contributed by atoms with Crippen molar-refractivity contribution < 1.29 is 18.8 Å². The number of hydrogen-bond donors (Lipinski definition) is 1. The van der Waals surface area contributed by atoms with Gasteiger partial charge in [0.15, 0.2) is 0 Å². The van der Waals surface area contributed by atoms with E-state index >= 15 is 0 Å². The largest absolute Gasteiger partial charge is 0.469 e. The van der Waals surface area contributed by atoms with E-state index in [1.54, 1.807) is 29.8 Å². The molecule has 3 atom stereocenters. The normalized spacial score (nSPS) is 26.3. The molecule has 0 aliphatic carbocycles. The fraction of sp³-hybridized carbons (Fsp3) is 0.562. The first-order valence-corrected chi connectivity index (χ1v) is 7.78. The second-order valence-electron chi connectivity index (χ2n) is 6.22. The molecule has 0 radical (unpaired) electrons. The Morgan fingerprint density at radius 3 is 2.61 bits per heavy atom. The van der Waals surface area contributed by atoms with E-state index in [0.717, 1.165) is 0 Å². The summed E-state index contributed by atoms with van der Waals surface area (Å²) in [4.78, 5) is 40.0. The molecular weight excluding hydrogens is 298 g/mol. The van der Waals surface area contributed by atoms with Crippen LogP contribution < -0.4 is 5.32 Å². The molecular formula is C16H21N3O4. The van der Waals surface area contributed by atoms with E-state index in [0.29, 0.717) is 30.8 Å². The standard InChI is InChI=1S/C16H21N3O4/c1-9-12(4-5-23-9)16(22)18-7-11-6-13(15(21)17-3)19(10(2)20)14(11)8-18/h4-5,11,13-14H,6-8H2,1-3H3,(H,17,21)/t11-,13-,14+/m0/s1. The van der Waals surface area contributed by atoms with Crippen LogP contribution in [-0.4, -0.2) is 59.7 Å². The van der Waals surface area contributed by atoms with E-state index in [1.165, 1.54) is 13.2 Å². The Kier molecular flexibility index (Phi) is 3.87. The van der Waals surface area contributed by atoms with Crippen LogP contribution in [-0.2, 0) is 9.59 Å². The Morgan fingerprint density at radius 2 is 2.04 bits per heavy atom. The number of carbonyl (C=O) groups is 3. The number of fused-ring (bicyclic) bond motifs is 1. The third-order valence-electron chi connectivity index (χ3n) is 4.91. The third-order valence-corrected chi connectivity index (χ3v) is 4.91. The number of aryl methyl sites for hydroxylation is 1. The van der Waals surface area contributed by atoms with Gasteiger partial charge in [0, 0.05) is 33.0 Å². The fourth-order valence-corrected chi connectivity index (χ4v) is 3.83. The number of likely N-dealkylation sites (N-methyl/N-ethyl adjacent to an activating group) is 1. The summed E-state index contributed by atoms with van der Waals surface area (Å²) in [5, 5.41) is 2.62. The van der Waals surface area contributed by atoms with Gasteiger partial charge in [0.1, 0.15) is 11.8 Å². The van der Waals surface area contributed by atoms with Gasteiger partial charge in [-0.1, -0.05) is 0 Å². The number of hydrogen-bond acceptors (Lipinski definition) is 4. The number of nitrogens with zero attached hydrogens (tertiary/aromatic N) is 2. The van der Waals surface area contributed by atoms with E-state index in [2.05, 4.69) is 5.32 Å². The highest BCUT2D eigenvalue weighted by Crippen LogP contribution is 2.36. The lowest BCUT2D eigenvalue weighted by molar-refractivity contribution is -0.138. The molecule has 2 aliphatic heterocycles. The summed E-state index contributed by atoms with van der Waals surface area (Å²) in [6, 6.07) is 1.15. The highest BCUT2D eigenvalue weighted by atomic mass is 16.3. The van der Waals surface area contributed by atoms with Gasteiger partial charge in [0.05, 0.1) is 17.9 Å². The van der Waals surface area contributed by atoms with Crippen LogP contribution in [0.25, 0.3) is 0 Å². The van der Waals surface area contributed by atoms with E-state index in [4.69, 9.17) is 4.42 Å². The smallest absolute Gasteiger partial charge is 0.257 e. The van der Waals surface area contributed by atoms with Gasteiger partial charge in [-0.05, 0) is 19.4 Å². The summed E-state index contributed by atoms with van der Waals surface area (Å²) >= 11 is 0. The zero-order valence-corrected chi connectivity index (χ0v) is 13.5. The van der Waals surface area contributed by atoms with Crippen LogP contribution in [0, 0.1) is 12.8 Å². The van der Waals surface area contributed by atoms with Crippen molar-refractivity contribution in [2.24, 2.45) is 5.92 Å². The quantitative estimate of drug-likeness (QED) is 0.855. The summed E-state index contributed by atoms with van der Waals surface area (Å²) in [5.74, 6) is 0.389. The van der Waals surface area contributed by atoms with Crippen molar-refractivity contribution in [3.05, 3.63) is 23.7 Å². The zero-order valence-electron chi connectivity index (χ0n) is 13.5. The summed E-state index contributed by atoms with van der Waals surface area (Å²) in [6.45, 7) is 4.25. The lowest BCUT2D eigenvalue weighted by atomic mass is 10.0. The zero-order chi connectivity index (χ0) is 16.7. The first-order valence-electron chi connectivity index (χ1n) is 7.78. The summed E-state index contributed by atoms with van der Waals surface area (Å²) < 4.78 is 5.20. The highest BCUT2D eigenvalue weighted by molar-refractivity contribution is 5.95. The van der Waals surface area contributed by atoms with Crippen molar-refractivity contribution in [1.29, 1.82) is 0 Å². The maximum atomic E-state index is 12.6. The molecule has 0 saturated carbocycles. The van der Waals surface area contributed by atoms with Gasteiger partial charge in [0.25, 0.3) is 5.91 Å². The molecule has 2 fully saturated rings. The van der Waals surface area contributed by atoms with Crippen LogP contribution in [0.15, 0.2) is 16.7 Å². The van der Waals surface area contributed by atoms with Gasteiger partial charge in [-0.15, -0.1) is 0 Å². The van der Waals surface area contributed by atoms with Crippen molar-refractivity contribution >= 4 is 17.7 Å². The van der Waals surface area contributed by atoms with Crippen LogP contribution in [0.1, 0.15) is 29.5 Å². The number of nitrogens with one attached hydrogen (secondary N) is 1. The van der Waals surface area contributed by atoms with Gasteiger partial charge < -0.3 is 19.5 Å². The van der Waals surface area contributed by atoms with Crippen molar-refractivity contribution in [2.45, 2.75) is 32.4 Å². The molecule has 124 valence electrons. The minimum absolute atomic E-state index is 0.0781. The maximum Gasteiger partial charge on any atom is 0.257 e. The molecule has 0 aromatic carbocycles. The SMILES string of the molecule is CNC(=O)[C@@H]1C[C@H]2CN(C(=O)c3ccoc3C)C[C@H]2N1C(C)=O. The summed E-state index contributed by atoms with van der Waals surface area (Å²) in [7, 11) is 1.58. The molecule has 7 heteroatoms. The molecule has 1 N–H and O–H groups in total. The lowest BCUT2D eigenvalue weighted by Gasteiger charge is -2.28. The molecule has 23 heavy (non-hydrogen) atoms. The van der Waals surface area contributed by atoms with Crippen LogP contribution in [0.2, 0.25) is 0 Å². The number of rotatable bonds is 2. The molecule has 1 aromatic rings. The number of furan rings is 1. The minimum atomic E-state index is -0.430. The summed E-state index contributed by atoms with van der Waals surface area (Å²) in [5.41, 5.74) is 0.558. The minimum Gasteiger partial charge on any atom is -0.469 e. The predicted molar refractivity (Wildman–Crippen MR) is 81.6 cm³/mol. The molecule has 3 heterocycles. The van der Waals surface area contributed by atoms with Crippen molar-refractivity contribution in [3.63, 3.8) is 0 Å². The monoisotopic (exact) mass is 319 g/mol. The van der Waals surface area contributed by atoms with Gasteiger partial charge >= 0.3 is 0 Å². The Bertz CT molecular complexity index is 654. The summed E-state index contributed by atoms with van der Waals surface area (Å²) in [6.07, 6.45) is 2.10. The molecule has 0 spiro atoms.